The van der Waals surface area contributed by atoms with E-state index in [1.165, 1.54) is 11.1 Å². The third-order valence-corrected chi connectivity index (χ3v) is 3.45. The van der Waals surface area contributed by atoms with Gasteiger partial charge in [-0.05, 0) is 48.4 Å². The Balaban J connectivity index is 2.38. The topological polar surface area (TPSA) is 44.5 Å². The number of ether oxygens (including phenoxy) is 2. The summed E-state index contributed by atoms with van der Waals surface area (Å²) in [4.78, 5) is 0. The Morgan fingerprint density at radius 1 is 0.900 bits per heavy atom. The fraction of sp³-hybridized carbons (Fsp3) is 0.294. The van der Waals surface area contributed by atoms with Gasteiger partial charge in [0, 0.05) is 5.92 Å². The number of benzene rings is 2. The molecule has 0 fully saturated rings. The molecule has 2 aromatic rings. The maximum atomic E-state index is 5.78. The van der Waals surface area contributed by atoms with Crippen molar-refractivity contribution in [1.82, 2.24) is 0 Å². The van der Waals surface area contributed by atoms with Crippen molar-refractivity contribution in [3.63, 3.8) is 0 Å². The van der Waals surface area contributed by atoms with Gasteiger partial charge >= 0.3 is 0 Å². The molecule has 2 rings (SSSR count). The Hall–Kier alpha value is -2.00. The molecule has 0 saturated carbocycles. The third-order valence-electron chi connectivity index (χ3n) is 3.45. The van der Waals surface area contributed by atoms with Crippen molar-refractivity contribution in [3.05, 3.63) is 59.7 Å². The molecule has 2 aromatic carbocycles. The highest BCUT2D eigenvalue weighted by atomic mass is 16.5. The lowest BCUT2D eigenvalue weighted by Gasteiger charge is -2.18. The molecule has 0 unspecified atom stereocenters. The predicted octanol–water partition coefficient (Wildman–Crippen LogP) is 3.18. The number of methoxy groups -OCH3 is 2. The van der Waals surface area contributed by atoms with E-state index in [1.54, 1.807) is 14.2 Å². The second-order valence-corrected chi connectivity index (χ2v) is 4.68. The molecule has 0 spiro atoms. The van der Waals surface area contributed by atoms with Crippen molar-refractivity contribution >= 4 is 0 Å². The van der Waals surface area contributed by atoms with E-state index < -0.39 is 0 Å². The number of hydrogen-bond acceptors (Lipinski definition) is 3. The molecule has 0 amide bonds. The molecule has 3 heteroatoms. The summed E-state index contributed by atoms with van der Waals surface area (Å²) in [5.41, 5.74) is 8.21. The Labute approximate surface area is 120 Å². The minimum absolute atomic E-state index is 0.255. The van der Waals surface area contributed by atoms with Crippen molar-refractivity contribution in [2.75, 3.05) is 20.8 Å². The number of rotatable bonds is 6. The van der Waals surface area contributed by atoms with Gasteiger partial charge in [0.05, 0.1) is 14.2 Å². The lowest BCUT2D eigenvalue weighted by atomic mass is 9.88. The quantitative estimate of drug-likeness (QED) is 0.877. The first-order chi connectivity index (χ1) is 9.78. The fourth-order valence-electron chi connectivity index (χ4n) is 2.41. The van der Waals surface area contributed by atoms with Crippen LogP contribution in [0.5, 0.6) is 11.5 Å². The van der Waals surface area contributed by atoms with Crippen LogP contribution in [0, 0.1) is 0 Å². The standard InChI is InChI=1S/C17H21NO2/c1-19-15-7-3-5-13(11-15)17(9-10-18)14-6-4-8-16(12-14)20-2/h3-8,11-12,17H,9-10,18H2,1-2H3. The molecule has 0 saturated heterocycles. The first kappa shape index (κ1) is 14.4. The average molecular weight is 271 g/mol. The highest BCUT2D eigenvalue weighted by molar-refractivity contribution is 5.40. The second-order valence-electron chi connectivity index (χ2n) is 4.68. The number of hydrogen-bond donors (Lipinski definition) is 1. The zero-order valence-corrected chi connectivity index (χ0v) is 12.0. The molecular weight excluding hydrogens is 250 g/mol. The molecule has 3 nitrogen and oxygen atoms in total. The first-order valence-electron chi connectivity index (χ1n) is 6.76. The van der Waals surface area contributed by atoms with Gasteiger partial charge in [-0.3, -0.25) is 0 Å². The second kappa shape index (κ2) is 6.96. The average Bonchev–Trinajstić information content (AvgIpc) is 2.52. The summed E-state index contributed by atoms with van der Waals surface area (Å²) in [6.07, 6.45) is 0.889. The van der Waals surface area contributed by atoms with Crippen LogP contribution in [0.15, 0.2) is 48.5 Å². The van der Waals surface area contributed by atoms with Gasteiger partial charge in [0.2, 0.25) is 0 Å². The van der Waals surface area contributed by atoms with Gasteiger partial charge in [0.25, 0.3) is 0 Å². The van der Waals surface area contributed by atoms with Crippen LogP contribution in [0.4, 0.5) is 0 Å². The minimum atomic E-state index is 0.255. The molecule has 20 heavy (non-hydrogen) atoms. The van der Waals surface area contributed by atoms with Crippen LogP contribution in [0.1, 0.15) is 23.5 Å². The summed E-state index contributed by atoms with van der Waals surface area (Å²) < 4.78 is 10.6. The van der Waals surface area contributed by atoms with E-state index in [9.17, 15) is 0 Å². The van der Waals surface area contributed by atoms with E-state index in [0.717, 1.165) is 17.9 Å². The minimum Gasteiger partial charge on any atom is -0.497 e. The van der Waals surface area contributed by atoms with Crippen molar-refractivity contribution in [2.45, 2.75) is 12.3 Å². The van der Waals surface area contributed by atoms with Gasteiger partial charge in [0.15, 0.2) is 0 Å². The largest absolute Gasteiger partial charge is 0.497 e. The maximum Gasteiger partial charge on any atom is 0.119 e. The summed E-state index contributed by atoms with van der Waals surface area (Å²) in [5.74, 6) is 1.99. The summed E-state index contributed by atoms with van der Waals surface area (Å²) in [6.45, 7) is 0.638. The van der Waals surface area contributed by atoms with Crippen LogP contribution in [-0.4, -0.2) is 20.8 Å². The first-order valence-corrected chi connectivity index (χ1v) is 6.76. The summed E-state index contributed by atoms with van der Waals surface area (Å²) in [7, 11) is 3.37. The molecular formula is C17H21NO2. The summed E-state index contributed by atoms with van der Waals surface area (Å²) in [5, 5.41) is 0. The van der Waals surface area contributed by atoms with Crippen molar-refractivity contribution < 1.29 is 9.47 Å². The lowest BCUT2D eigenvalue weighted by molar-refractivity contribution is 0.413. The van der Waals surface area contributed by atoms with Gasteiger partial charge in [-0.15, -0.1) is 0 Å². The van der Waals surface area contributed by atoms with E-state index in [2.05, 4.69) is 24.3 Å². The van der Waals surface area contributed by atoms with Crippen LogP contribution < -0.4 is 15.2 Å². The van der Waals surface area contributed by atoms with E-state index in [4.69, 9.17) is 15.2 Å². The zero-order chi connectivity index (χ0) is 14.4. The van der Waals surface area contributed by atoms with Gasteiger partial charge < -0.3 is 15.2 Å². The SMILES string of the molecule is COc1cccc(C(CCN)c2cccc(OC)c2)c1. The van der Waals surface area contributed by atoms with Gasteiger partial charge in [-0.2, -0.15) is 0 Å². The van der Waals surface area contributed by atoms with Crippen LogP contribution in [0.3, 0.4) is 0 Å². The Morgan fingerprint density at radius 3 is 1.80 bits per heavy atom. The van der Waals surface area contributed by atoms with Gasteiger partial charge in [-0.25, -0.2) is 0 Å². The van der Waals surface area contributed by atoms with Crippen molar-refractivity contribution in [1.29, 1.82) is 0 Å². The van der Waals surface area contributed by atoms with E-state index in [-0.39, 0.29) is 5.92 Å². The molecule has 0 radical (unpaired) electrons. The highest BCUT2D eigenvalue weighted by Crippen LogP contribution is 2.31. The molecule has 0 atom stereocenters. The molecule has 0 heterocycles. The molecule has 106 valence electrons. The van der Waals surface area contributed by atoms with Crippen molar-refractivity contribution in [3.8, 4) is 11.5 Å². The van der Waals surface area contributed by atoms with Gasteiger partial charge in [0.1, 0.15) is 11.5 Å². The maximum absolute atomic E-state index is 5.78. The summed E-state index contributed by atoms with van der Waals surface area (Å²) in [6, 6.07) is 16.3. The van der Waals surface area contributed by atoms with Crippen LogP contribution >= 0.6 is 0 Å². The molecule has 0 aromatic heterocycles. The van der Waals surface area contributed by atoms with Crippen LogP contribution in [-0.2, 0) is 0 Å². The Kier molecular flexibility index (Phi) is 5.02. The van der Waals surface area contributed by atoms with Gasteiger partial charge in [-0.1, -0.05) is 24.3 Å². The zero-order valence-electron chi connectivity index (χ0n) is 12.0. The normalized spacial score (nSPS) is 10.6. The Bertz CT molecular complexity index is 507. The summed E-state index contributed by atoms with van der Waals surface area (Å²) >= 11 is 0. The van der Waals surface area contributed by atoms with Crippen molar-refractivity contribution in [2.24, 2.45) is 5.73 Å². The monoisotopic (exact) mass is 271 g/mol. The van der Waals surface area contributed by atoms with E-state index in [1.807, 2.05) is 24.3 Å². The molecule has 0 aliphatic heterocycles. The predicted molar refractivity (Wildman–Crippen MR) is 81.5 cm³/mol. The highest BCUT2D eigenvalue weighted by Gasteiger charge is 2.14. The van der Waals surface area contributed by atoms with E-state index >= 15 is 0 Å². The van der Waals surface area contributed by atoms with Crippen LogP contribution in [0.25, 0.3) is 0 Å². The number of nitrogens with two attached hydrogens (primary N) is 1. The molecule has 0 aliphatic rings. The smallest absolute Gasteiger partial charge is 0.119 e. The van der Waals surface area contributed by atoms with Crippen LogP contribution in [0.2, 0.25) is 0 Å². The Morgan fingerprint density at radius 2 is 1.40 bits per heavy atom. The lowest BCUT2D eigenvalue weighted by Crippen LogP contribution is -2.09. The third kappa shape index (κ3) is 3.31. The molecule has 0 aliphatic carbocycles. The molecule has 2 N–H and O–H groups in total. The van der Waals surface area contributed by atoms with E-state index in [0.29, 0.717) is 6.54 Å². The molecule has 0 bridgehead atoms. The fourth-order valence-corrected chi connectivity index (χ4v) is 2.41.